The first-order chi connectivity index (χ1) is 10.3. The lowest BCUT2D eigenvalue weighted by Crippen LogP contribution is -2.43. The summed E-state index contributed by atoms with van der Waals surface area (Å²) in [5.41, 5.74) is 2.72. The highest BCUT2D eigenvalue weighted by atomic mass is 16.0. The van der Waals surface area contributed by atoms with Crippen molar-refractivity contribution < 1.29 is 5.48 Å². The van der Waals surface area contributed by atoms with Crippen LogP contribution >= 0.6 is 0 Å². The van der Waals surface area contributed by atoms with Crippen LogP contribution in [-0.2, 0) is 0 Å². The van der Waals surface area contributed by atoms with Gasteiger partial charge in [0, 0.05) is 12.1 Å². The first-order valence-corrected chi connectivity index (χ1v) is 7.72. The van der Waals surface area contributed by atoms with Crippen LogP contribution in [0.1, 0.15) is 13.8 Å². The van der Waals surface area contributed by atoms with Gasteiger partial charge >= 0.3 is 0 Å². The quantitative estimate of drug-likeness (QED) is 0.597. The fraction of sp³-hybridized carbons (Fsp3) is 0.200. The standard InChI is InChI=1S/C20H22N.H2O/c1-3-21(4-2,19-12-6-5-7-13-19)20-15-14-17-10-8-9-11-18(17)16-20;/h5-16H,3-4H2,1-2H3;1H2/q+1;/p-1. The summed E-state index contributed by atoms with van der Waals surface area (Å²) in [6.45, 7) is 6.65. The fourth-order valence-electron chi connectivity index (χ4n) is 3.26. The highest BCUT2D eigenvalue weighted by molar-refractivity contribution is 5.86. The summed E-state index contributed by atoms with van der Waals surface area (Å²) in [7, 11) is 0. The van der Waals surface area contributed by atoms with Gasteiger partial charge in [0.1, 0.15) is 11.4 Å². The minimum atomic E-state index is 0. The van der Waals surface area contributed by atoms with Gasteiger partial charge in [-0.3, -0.25) is 4.48 Å². The van der Waals surface area contributed by atoms with Crippen molar-refractivity contribution in [2.24, 2.45) is 0 Å². The summed E-state index contributed by atoms with van der Waals surface area (Å²) < 4.78 is 0.895. The third-order valence-corrected chi connectivity index (χ3v) is 4.56. The van der Waals surface area contributed by atoms with Crippen molar-refractivity contribution in [2.75, 3.05) is 13.1 Å². The van der Waals surface area contributed by atoms with Gasteiger partial charge in [0.15, 0.2) is 0 Å². The Bertz CT molecular complexity index is 733. The predicted octanol–water partition coefficient (Wildman–Crippen LogP) is 5.34. The highest BCUT2D eigenvalue weighted by Crippen LogP contribution is 2.35. The van der Waals surface area contributed by atoms with Gasteiger partial charge in [-0.1, -0.05) is 42.5 Å². The molecule has 0 radical (unpaired) electrons. The molecule has 0 aliphatic rings. The van der Waals surface area contributed by atoms with Crippen LogP contribution in [0.15, 0.2) is 72.8 Å². The second-order valence-corrected chi connectivity index (χ2v) is 5.47. The van der Waals surface area contributed by atoms with Gasteiger partial charge in [-0.05, 0) is 42.8 Å². The number of nitrogens with zero attached hydrogens (tertiary/aromatic N) is 1. The number of quaternary nitrogens is 1. The molecule has 2 nitrogen and oxygen atoms in total. The predicted molar refractivity (Wildman–Crippen MR) is 94.9 cm³/mol. The van der Waals surface area contributed by atoms with E-state index in [1.165, 1.54) is 22.1 Å². The monoisotopic (exact) mass is 293 g/mol. The van der Waals surface area contributed by atoms with Crippen LogP contribution in [-0.4, -0.2) is 18.6 Å². The Labute approximate surface area is 132 Å². The number of hydrogen-bond donors (Lipinski definition) is 0. The minimum Gasteiger partial charge on any atom is -0.870 e. The van der Waals surface area contributed by atoms with Crippen molar-refractivity contribution in [3.05, 3.63) is 72.8 Å². The molecule has 3 aromatic carbocycles. The fourth-order valence-corrected chi connectivity index (χ4v) is 3.26. The topological polar surface area (TPSA) is 30.0 Å². The maximum atomic E-state index is 2.34. The molecule has 0 aliphatic carbocycles. The SMILES string of the molecule is CC[N+](CC)(c1ccccc1)c1ccc2ccccc2c1.[OH-]. The molecule has 0 heterocycles. The molecule has 114 valence electrons. The molecule has 2 heteroatoms. The third-order valence-electron chi connectivity index (χ3n) is 4.56. The summed E-state index contributed by atoms with van der Waals surface area (Å²) in [5, 5.41) is 2.62. The van der Waals surface area contributed by atoms with E-state index in [-0.39, 0.29) is 5.48 Å². The van der Waals surface area contributed by atoms with Crippen LogP contribution in [0.2, 0.25) is 0 Å². The van der Waals surface area contributed by atoms with Crippen molar-refractivity contribution in [1.82, 2.24) is 4.48 Å². The lowest BCUT2D eigenvalue weighted by atomic mass is 10.1. The van der Waals surface area contributed by atoms with Crippen LogP contribution in [0.25, 0.3) is 10.8 Å². The molecular weight excluding hydrogens is 270 g/mol. The van der Waals surface area contributed by atoms with E-state index in [0.29, 0.717) is 0 Å². The zero-order valence-corrected chi connectivity index (χ0v) is 13.2. The lowest BCUT2D eigenvalue weighted by Gasteiger charge is -2.36. The smallest absolute Gasteiger partial charge is 0.138 e. The zero-order valence-electron chi connectivity index (χ0n) is 13.2. The Morgan fingerprint density at radius 3 is 1.86 bits per heavy atom. The summed E-state index contributed by atoms with van der Waals surface area (Å²) in [6, 6.07) is 26.3. The second kappa shape index (κ2) is 6.73. The molecular formula is C20H23NO. The largest absolute Gasteiger partial charge is 0.870 e. The summed E-state index contributed by atoms with van der Waals surface area (Å²) in [4.78, 5) is 0. The average Bonchev–Trinajstić information content (AvgIpc) is 2.57. The van der Waals surface area contributed by atoms with E-state index in [0.717, 1.165) is 17.6 Å². The van der Waals surface area contributed by atoms with Crippen molar-refractivity contribution >= 4 is 22.1 Å². The maximum Gasteiger partial charge on any atom is 0.138 e. The van der Waals surface area contributed by atoms with Crippen LogP contribution in [0, 0.1) is 0 Å². The number of para-hydroxylation sites is 1. The molecule has 3 aromatic rings. The molecule has 0 atom stereocenters. The maximum absolute atomic E-state index is 2.34. The van der Waals surface area contributed by atoms with E-state index < -0.39 is 0 Å². The Morgan fingerprint density at radius 2 is 1.23 bits per heavy atom. The van der Waals surface area contributed by atoms with Crippen LogP contribution in [0.5, 0.6) is 0 Å². The Kier molecular flexibility index (Phi) is 4.96. The minimum absolute atomic E-state index is 0. The van der Waals surface area contributed by atoms with E-state index in [1.807, 2.05) is 0 Å². The van der Waals surface area contributed by atoms with Gasteiger partial charge in [-0.2, -0.15) is 0 Å². The van der Waals surface area contributed by atoms with Gasteiger partial charge in [0.05, 0.1) is 13.1 Å². The van der Waals surface area contributed by atoms with Crippen molar-refractivity contribution in [2.45, 2.75) is 13.8 Å². The summed E-state index contributed by atoms with van der Waals surface area (Å²) in [6.07, 6.45) is 0. The molecule has 0 bridgehead atoms. The third kappa shape index (κ3) is 2.63. The average molecular weight is 293 g/mol. The number of benzene rings is 3. The first kappa shape index (κ1) is 16.2. The summed E-state index contributed by atoms with van der Waals surface area (Å²) >= 11 is 0. The normalized spacial score (nSPS) is 11.2. The van der Waals surface area contributed by atoms with Gasteiger partial charge in [0.25, 0.3) is 0 Å². The van der Waals surface area contributed by atoms with Crippen molar-refractivity contribution in [3.8, 4) is 0 Å². The molecule has 0 amide bonds. The van der Waals surface area contributed by atoms with Gasteiger partial charge in [0.2, 0.25) is 0 Å². The Balaban J connectivity index is 0.00000176. The molecule has 0 saturated carbocycles. The van der Waals surface area contributed by atoms with Gasteiger partial charge < -0.3 is 5.48 Å². The molecule has 0 saturated heterocycles. The number of hydrogen-bond acceptors (Lipinski definition) is 1. The van der Waals surface area contributed by atoms with E-state index >= 15 is 0 Å². The molecule has 0 aromatic heterocycles. The Hall–Kier alpha value is -2.16. The molecule has 3 rings (SSSR count). The zero-order chi connectivity index (χ0) is 14.7. The van der Waals surface area contributed by atoms with Gasteiger partial charge in [-0.25, -0.2) is 0 Å². The second-order valence-electron chi connectivity index (χ2n) is 5.47. The van der Waals surface area contributed by atoms with E-state index in [2.05, 4.69) is 86.6 Å². The highest BCUT2D eigenvalue weighted by Gasteiger charge is 2.29. The lowest BCUT2D eigenvalue weighted by molar-refractivity contribution is 0.421. The van der Waals surface area contributed by atoms with Crippen molar-refractivity contribution in [1.29, 1.82) is 0 Å². The van der Waals surface area contributed by atoms with Crippen LogP contribution < -0.4 is 4.48 Å². The first-order valence-electron chi connectivity index (χ1n) is 7.72. The molecule has 0 spiro atoms. The summed E-state index contributed by atoms with van der Waals surface area (Å²) in [5.74, 6) is 0. The number of fused-ring (bicyclic) bond motifs is 1. The van der Waals surface area contributed by atoms with Crippen molar-refractivity contribution in [3.63, 3.8) is 0 Å². The van der Waals surface area contributed by atoms with E-state index in [1.54, 1.807) is 0 Å². The molecule has 0 unspecified atom stereocenters. The van der Waals surface area contributed by atoms with Crippen LogP contribution in [0.4, 0.5) is 11.4 Å². The molecule has 1 N–H and O–H groups in total. The Morgan fingerprint density at radius 1 is 0.636 bits per heavy atom. The van der Waals surface area contributed by atoms with Crippen LogP contribution in [0.3, 0.4) is 0 Å². The van der Waals surface area contributed by atoms with E-state index in [9.17, 15) is 0 Å². The van der Waals surface area contributed by atoms with E-state index in [4.69, 9.17) is 0 Å². The molecule has 0 aliphatic heterocycles. The van der Waals surface area contributed by atoms with Gasteiger partial charge in [-0.15, -0.1) is 0 Å². The molecule has 22 heavy (non-hydrogen) atoms. The molecule has 0 fully saturated rings. The number of rotatable bonds is 4.